The van der Waals surface area contributed by atoms with Crippen LogP contribution in [-0.2, 0) is 31.2 Å². The zero-order valence-corrected chi connectivity index (χ0v) is 19.4. The zero-order chi connectivity index (χ0) is 22.8. The smallest absolute Gasteiger partial charge is 0.348 e. The zero-order valence-electron chi connectivity index (χ0n) is 18.5. The molecular formula is C26H24N2O4S. The maximum Gasteiger partial charge on any atom is 0.348 e. The number of aromatic nitrogens is 2. The highest BCUT2D eigenvalue weighted by molar-refractivity contribution is 7.16. The third-order valence-electron chi connectivity index (χ3n) is 5.61. The number of hydrogen-bond donors (Lipinski definition) is 0. The Labute approximate surface area is 196 Å². The second-order valence-electron chi connectivity index (χ2n) is 7.78. The molecule has 2 heterocycles. The van der Waals surface area contributed by atoms with Gasteiger partial charge in [-0.2, -0.15) is 5.10 Å². The average molecular weight is 461 g/mol. The number of thiophene rings is 1. The first kappa shape index (κ1) is 21.3. The van der Waals surface area contributed by atoms with Gasteiger partial charge in [0.15, 0.2) is 5.06 Å². The second-order valence-corrected chi connectivity index (χ2v) is 8.77. The van der Waals surface area contributed by atoms with E-state index in [2.05, 4.69) is 5.10 Å². The summed E-state index contributed by atoms with van der Waals surface area (Å²) in [5.74, 6) is 1.14. The Hall–Kier alpha value is -3.58. The largest absolute Gasteiger partial charge is 0.489 e. The lowest BCUT2D eigenvalue weighted by Crippen LogP contribution is -2.10. The van der Waals surface area contributed by atoms with Crippen LogP contribution in [0.4, 0.5) is 0 Å². The summed E-state index contributed by atoms with van der Waals surface area (Å²) in [5.41, 5.74) is 5.19. The SMILES string of the molecule is CCOC(=O)c1sc(Oc2ccc(OCc3ccccc3)cc2)c2c1CCc1cnn(C)c1-2. The molecular weight excluding hydrogens is 436 g/mol. The molecule has 0 N–H and O–H groups in total. The molecule has 7 heteroatoms. The van der Waals surface area contributed by atoms with Gasteiger partial charge in [0.1, 0.15) is 23.0 Å². The van der Waals surface area contributed by atoms with E-state index in [0.717, 1.165) is 46.5 Å². The monoisotopic (exact) mass is 460 g/mol. The fraction of sp³-hybridized carbons (Fsp3) is 0.231. The Morgan fingerprint density at radius 1 is 1.06 bits per heavy atom. The van der Waals surface area contributed by atoms with Crippen molar-refractivity contribution >= 4 is 17.3 Å². The number of nitrogens with zero attached hydrogens (tertiary/aromatic N) is 2. The molecule has 0 atom stereocenters. The number of esters is 1. The highest BCUT2D eigenvalue weighted by Crippen LogP contribution is 2.48. The summed E-state index contributed by atoms with van der Waals surface area (Å²) >= 11 is 1.34. The molecule has 0 saturated heterocycles. The Balaban J connectivity index is 1.41. The van der Waals surface area contributed by atoms with Crippen LogP contribution in [0, 0.1) is 0 Å². The molecule has 4 aromatic rings. The summed E-state index contributed by atoms with van der Waals surface area (Å²) in [7, 11) is 1.91. The molecule has 2 aromatic heterocycles. The van der Waals surface area contributed by atoms with E-state index in [9.17, 15) is 4.79 Å². The Morgan fingerprint density at radius 3 is 2.58 bits per heavy atom. The predicted molar refractivity (Wildman–Crippen MR) is 127 cm³/mol. The van der Waals surface area contributed by atoms with E-state index in [1.165, 1.54) is 11.3 Å². The summed E-state index contributed by atoms with van der Waals surface area (Å²) in [6, 6.07) is 17.6. The van der Waals surface area contributed by atoms with E-state index < -0.39 is 0 Å². The molecule has 2 aromatic carbocycles. The van der Waals surface area contributed by atoms with Gasteiger partial charge in [0, 0.05) is 7.05 Å². The summed E-state index contributed by atoms with van der Waals surface area (Å²) in [5, 5.41) is 5.10. The first-order valence-corrected chi connectivity index (χ1v) is 11.7. The lowest BCUT2D eigenvalue weighted by molar-refractivity contribution is 0.0531. The molecule has 0 bridgehead atoms. The lowest BCUT2D eigenvalue weighted by Gasteiger charge is -2.16. The lowest BCUT2D eigenvalue weighted by atomic mass is 9.91. The fourth-order valence-electron chi connectivity index (χ4n) is 4.05. The van der Waals surface area contributed by atoms with Gasteiger partial charge in [-0.25, -0.2) is 4.79 Å². The van der Waals surface area contributed by atoms with Gasteiger partial charge < -0.3 is 14.2 Å². The molecule has 0 spiro atoms. The topological polar surface area (TPSA) is 62.6 Å². The van der Waals surface area contributed by atoms with Crippen LogP contribution in [0.25, 0.3) is 11.3 Å². The molecule has 0 amide bonds. The van der Waals surface area contributed by atoms with Crippen LogP contribution in [0.5, 0.6) is 16.6 Å². The second kappa shape index (κ2) is 9.11. The highest BCUT2D eigenvalue weighted by atomic mass is 32.1. The van der Waals surface area contributed by atoms with Crippen molar-refractivity contribution in [3.63, 3.8) is 0 Å². The van der Waals surface area contributed by atoms with Gasteiger partial charge in [0.25, 0.3) is 0 Å². The molecule has 1 aliphatic carbocycles. The van der Waals surface area contributed by atoms with Crippen LogP contribution >= 0.6 is 11.3 Å². The van der Waals surface area contributed by atoms with Gasteiger partial charge in [-0.3, -0.25) is 4.68 Å². The summed E-state index contributed by atoms with van der Waals surface area (Å²) in [4.78, 5) is 13.3. The number of rotatable bonds is 7. The van der Waals surface area contributed by atoms with E-state index in [1.807, 2.05) is 79.4 Å². The van der Waals surface area contributed by atoms with Gasteiger partial charge in [0.05, 0.1) is 24.1 Å². The number of benzene rings is 2. The Kier molecular flexibility index (Phi) is 5.88. The minimum Gasteiger partial charge on any atom is -0.489 e. The minimum absolute atomic E-state index is 0.302. The van der Waals surface area contributed by atoms with Crippen LogP contribution in [0.3, 0.4) is 0 Å². The van der Waals surface area contributed by atoms with Crippen molar-refractivity contribution in [2.45, 2.75) is 26.4 Å². The normalized spacial score (nSPS) is 12.1. The van der Waals surface area contributed by atoms with Crippen LogP contribution in [0.1, 0.15) is 33.3 Å². The first-order chi connectivity index (χ1) is 16.1. The van der Waals surface area contributed by atoms with Crippen molar-refractivity contribution in [2.24, 2.45) is 7.05 Å². The summed E-state index contributed by atoms with van der Waals surface area (Å²) < 4.78 is 19.3. The van der Waals surface area contributed by atoms with E-state index >= 15 is 0 Å². The van der Waals surface area contributed by atoms with Gasteiger partial charge in [-0.05, 0) is 60.7 Å². The van der Waals surface area contributed by atoms with Crippen molar-refractivity contribution < 1.29 is 19.0 Å². The quantitative estimate of drug-likeness (QED) is 0.327. The molecule has 168 valence electrons. The van der Waals surface area contributed by atoms with Gasteiger partial charge in [-0.1, -0.05) is 41.7 Å². The maximum absolute atomic E-state index is 12.6. The molecule has 0 radical (unpaired) electrons. The van der Waals surface area contributed by atoms with Crippen molar-refractivity contribution in [2.75, 3.05) is 6.61 Å². The van der Waals surface area contributed by atoms with Gasteiger partial charge in [-0.15, -0.1) is 0 Å². The minimum atomic E-state index is -0.302. The van der Waals surface area contributed by atoms with E-state index in [4.69, 9.17) is 14.2 Å². The number of carbonyl (C=O) groups is 1. The van der Waals surface area contributed by atoms with Crippen LogP contribution in [0.15, 0.2) is 60.8 Å². The number of ether oxygens (including phenoxy) is 3. The van der Waals surface area contributed by atoms with Gasteiger partial charge in [0.2, 0.25) is 0 Å². The Bertz CT molecular complexity index is 1280. The number of aryl methyl sites for hydroxylation is 2. The standard InChI is InChI=1S/C26H24N2O4S/c1-3-30-25(29)24-21-14-9-18-15-27-28(2)23(18)22(21)26(33-24)32-20-12-10-19(11-13-20)31-16-17-7-5-4-6-8-17/h4-8,10-13,15H,3,9,14,16H2,1-2H3. The molecule has 0 saturated carbocycles. The van der Waals surface area contributed by atoms with Crippen LogP contribution in [-0.4, -0.2) is 22.4 Å². The van der Waals surface area contributed by atoms with Crippen LogP contribution in [0.2, 0.25) is 0 Å². The molecule has 1 aliphatic rings. The van der Waals surface area contributed by atoms with Crippen molar-refractivity contribution in [3.8, 4) is 27.8 Å². The fourth-order valence-corrected chi connectivity index (χ4v) is 5.17. The maximum atomic E-state index is 12.6. The molecule has 0 unspecified atom stereocenters. The number of fused-ring (bicyclic) bond motifs is 3. The molecule has 6 nitrogen and oxygen atoms in total. The average Bonchev–Trinajstić information content (AvgIpc) is 3.40. The molecule has 33 heavy (non-hydrogen) atoms. The van der Waals surface area contributed by atoms with E-state index in [0.29, 0.717) is 28.9 Å². The Morgan fingerprint density at radius 2 is 1.82 bits per heavy atom. The van der Waals surface area contributed by atoms with E-state index in [1.54, 1.807) is 0 Å². The molecule has 0 aliphatic heterocycles. The third-order valence-corrected chi connectivity index (χ3v) is 6.70. The molecule has 0 fully saturated rings. The van der Waals surface area contributed by atoms with Crippen molar-refractivity contribution in [3.05, 3.63) is 82.4 Å². The van der Waals surface area contributed by atoms with E-state index in [-0.39, 0.29) is 5.97 Å². The van der Waals surface area contributed by atoms with Gasteiger partial charge >= 0.3 is 5.97 Å². The van der Waals surface area contributed by atoms with Crippen LogP contribution < -0.4 is 9.47 Å². The molecule has 5 rings (SSSR count). The summed E-state index contributed by atoms with van der Waals surface area (Å²) in [6.07, 6.45) is 3.49. The van der Waals surface area contributed by atoms with Crippen molar-refractivity contribution in [1.82, 2.24) is 9.78 Å². The third kappa shape index (κ3) is 4.24. The highest BCUT2D eigenvalue weighted by Gasteiger charge is 2.32. The first-order valence-electron chi connectivity index (χ1n) is 10.9. The number of carbonyl (C=O) groups excluding carboxylic acids is 1. The summed E-state index contributed by atoms with van der Waals surface area (Å²) in [6.45, 7) is 2.66. The van der Waals surface area contributed by atoms with Crippen molar-refractivity contribution in [1.29, 1.82) is 0 Å². The number of hydrogen-bond acceptors (Lipinski definition) is 6. The predicted octanol–water partition coefficient (Wildman–Crippen LogP) is 5.80.